The van der Waals surface area contributed by atoms with E-state index >= 15 is 0 Å². The van der Waals surface area contributed by atoms with Gasteiger partial charge in [0.05, 0.1) is 32.0 Å². The zero-order valence-electron chi connectivity index (χ0n) is 47.1. The Labute approximate surface area is 468 Å². The minimum absolute atomic E-state index is 0.237. The van der Waals surface area contributed by atoms with Crippen LogP contribution in [0.25, 0.3) is 0 Å². The summed E-state index contributed by atoms with van der Waals surface area (Å²) in [5.74, 6) is -0.264. The highest BCUT2D eigenvalue weighted by atomic mass is 16.7. The Morgan fingerprint density at radius 2 is 0.885 bits per heavy atom. The Kier molecular flexibility index (Phi) is 42.8. The number of carbonyl (C=O) groups excluding carboxylic acids is 1. The lowest BCUT2D eigenvalue weighted by molar-refractivity contribution is -0.359. The summed E-state index contributed by atoms with van der Waals surface area (Å²) >= 11 is 0. The number of aliphatic hydroxyl groups is 8. The van der Waals surface area contributed by atoms with Gasteiger partial charge in [0.1, 0.15) is 48.8 Å². The third-order valence-corrected chi connectivity index (χ3v) is 13.1. The average Bonchev–Trinajstić information content (AvgIpc) is 3.47. The van der Waals surface area contributed by atoms with Gasteiger partial charge in [0, 0.05) is 6.42 Å². The van der Waals surface area contributed by atoms with E-state index in [9.17, 15) is 45.6 Å². The fraction of sp³-hybridized carbons (Fsp3) is 0.609. The van der Waals surface area contributed by atoms with Crippen molar-refractivity contribution >= 4 is 5.91 Å². The molecule has 2 aliphatic heterocycles. The summed E-state index contributed by atoms with van der Waals surface area (Å²) in [4.78, 5) is 13.1. The van der Waals surface area contributed by atoms with Crippen LogP contribution in [0.5, 0.6) is 0 Å². The molecular formula is C64H101NO13. The number of aliphatic hydroxyl groups excluding tert-OH is 8. The molecule has 2 rings (SSSR count). The molecule has 2 heterocycles. The Hall–Kier alpha value is -4.13. The fourth-order valence-electron chi connectivity index (χ4n) is 8.39. The van der Waals surface area contributed by atoms with E-state index in [2.05, 4.69) is 165 Å². The first-order valence-electron chi connectivity index (χ1n) is 29.1. The lowest BCUT2D eigenvalue weighted by Gasteiger charge is -2.46. The predicted molar refractivity (Wildman–Crippen MR) is 313 cm³/mol. The van der Waals surface area contributed by atoms with Gasteiger partial charge < -0.3 is 65.1 Å². The number of rotatable bonds is 43. The van der Waals surface area contributed by atoms with Crippen molar-refractivity contribution in [3.05, 3.63) is 146 Å². The molecule has 0 saturated carbocycles. The SMILES string of the molecule is CC/C=C\C/C=C\C/C=C\C/C=C\C/C=C\C/C=C\C/C=C\C/C=C\C/C=C\C/C=C\C/C=C\C/C=C\CCCCC(=O)NC(COC1OC(CO)C(OC2OC(CO)C(O)C(O)C2O)C(O)C1O)C(O)CCCCCCC. The van der Waals surface area contributed by atoms with Gasteiger partial charge in [-0.05, 0) is 103 Å². The minimum atomic E-state index is -1.79. The molecule has 0 aromatic rings. The van der Waals surface area contributed by atoms with Crippen molar-refractivity contribution in [3.63, 3.8) is 0 Å². The molecular weight excluding hydrogens is 991 g/mol. The number of hydrogen-bond donors (Lipinski definition) is 9. The molecule has 78 heavy (non-hydrogen) atoms. The molecule has 2 fully saturated rings. The van der Waals surface area contributed by atoms with Crippen molar-refractivity contribution in [2.75, 3.05) is 19.8 Å². The molecule has 2 aliphatic rings. The first kappa shape index (κ1) is 70.0. The van der Waals surface area contributed by atoms with Crippen molar-refractivity contribution in [1.82, 2.24) is 5.32 Å². The van der Waals surface area contributed by atoms with Gasteiger partial charge >= 0.3 is 0 Å². The third kappa shape index (κ3) is 32.8. The number of allylic oxidation sites excluding steroid dienone is 24. The molecule has 0 aromatic heterocycles. The standard InChI is InChI=1S/C64H101NO13/c1-3-5-7-9-10-11-12-13-14-15-16-17-18-19-20-21-22-23-24-25-26-27-28-29-30-31-32-33-34-35-36-37-38-39-40-41-42-44-46-48-56(69)65-52(53(68)47-45-43-8-6-4-2)51-75-63-61(74)59(72)62(55(50-67)77-63)78-64-60(73)58(71)57(70)54(49-66)76-64/h5,7,10-11,13-14,16-17,19-20,22-23,25-26,28-29,31-32,34-35,37-38,40-41,52-55,57-64,66-68,70-74H,3-4,6,8-9,12,15,18,21,24,27,30,33,36,39,42-51H2,1-2H3,(H,65,69)/b7-5-,11-10-,14-13-,17-16-,20-19-,23-22-,26-25-,29-28-,32-31-,35-34-,38-37-,41-40-. The predicted octanol–water partition coefficient (Wildman–Crippen LogP) is 9.77. The zero-order valence-corrected chi connectivity index (χ0v) is 47.1. The van der Waals surface area contributed by atoms with Gasteiger partial charge in [-0.2, -0.15) is 0 Å². The van der Waals surface area contributed by atoms with Crippen LogP contribution in [-0.4, -0.2) is 140 Å². The van der Waals surface area contributed by atoms with Crippen LogP contribution in [0, 0.1) is 0 Å². The summed E-state index contributed by atoms with van der Waals surface area (Å²) in [7, 11) is 0. The molecule has 1 amide bonds. The third-order valence-electron chi connectivity index (χ3n) is 13.1. The van der Waals surface area contributed by atoms with Gasteiger partial charge in [-0.25, -0.2) is 0 Å². The van der Waals surface area contributed by atoms with Gasteiger partial charge in [0.15, 0.2) is 12.6 Å². The fourth-order valence-corrected chi connectivity index (χ4v) is 8.39. The molecule has 0 aliphatic carbocycles. The topological polar surface area (TPSA) is 228 Å². The van der Waals surface area contributed by atoms with Gasteiger partial charge in [-0.1, -0.05) is 192 Å². The molecule has 12 unspecified atom stereocenters. The van der Waals surface area contributed by atoms with Crippen LogP contribution in [0.15, 0.2) is 146 Å². The Morgan fingerprint density at radius 3 is 1.32 bits per heavy atom. The largest absolute Gasteiger partial charge is 0.394 e. The number of ether oxygens (including phenoxy) is 4. The maximum Gasteiger partial charge on any atom is 0.220 e. The highest BCUT2D eigenvalue weighted by Crippen LogP contribution is 2.30. The highest BCUT2D eigenvalue weighted by Gasteiger charge is 2.51. The van der Waals surface area contributed by atoms with E-state index in [4.69, 9.17) is 18.9 Å². The zero-order chi connectivity index (χ0) is 56.7. The lowest BCUT2D eigenvalue weighted by Crippen LogP contribution is -2.65. The first-order valence-corrected chi connectivity index (χ1v) is 29.1. The normalized spacial score (nSPS) is 25.7. The van der Waals surface area contributed by atoms with Crippen LogP contribution in [0.1, 0.15) is 155 Å². The number of hydrogen-bond acceptors (Lipinski definition) is 13. The molecule has 0 radical (unpaired) electrons. The van der Waals surface area contributed by atoms with Crippen molar-refractivity contribution in [3.8, 4) is 0 Å². The van der Waals surface area contributed by atoms with E-state index in [1.54, 1.807) is 0 Å². The van der Waals surface area contributed by atoms with Gasteiger partial charge in [0.25, 0.3) is 0 Å². The molecule has 0 spiro atoms. The van der Waals surface area contributed by atoms with Gasteiger partial charge in [0.2, 0.25) is 5.91 Å². The monoisotopic (exact) mass is 1090 g/mol. The molecule has 14 nitrogen and oxygen atoms in total. The van der Waals surface area contributed by atoms with E-state index in [1.165, 1.54) is 0 Å². The number of amides is 1. The van der Waals surface area contributed by atoms with Gasteiger partial charge in [-0.3, -0.25) is 4.79 Å². The van der Waals surface area contributed by atoms with Crippen LogP contribution < -0.4 is 5.32 Å². The van der Waals surface area contributed by atoms with E-state index in [0.29, 0.717) is 12.8 Å². The molecule has 0 aromatic carbocycles. The summed E-state index contributed by atoms with van der Waals surface area (Å²) in [5, 5.41) is 86.4. The van der Waals surface area contributed by atoms with Crippen LogP contribution in [0.4, 0.5) is 0 Å². The smallest absolute Gasteiger partial charge is 0.220 e. The maximum absolute atomic E-state index is 13.1. The summed E-state index contributed by atoms with van der Waals surface area (Å²) in [6, 6.07) is -0.859. The summed E-state index contributed by atoms with van der Waals surface area (Å²) in [6.07, 6.45) is 55.1. The van der Waals surface area contributed by atoms with Crippen LogP contribution in [-0.2, 0) is 23.7 Å². The molecule has 2 saturated heterocycles. The van der Waals surface area contributed by atoms with Gasteiger partial charge in [-0.15, -0.1) is 0 Å². The van der Waals surface area contributed by atoms with Crippen molar-refractivity contribution in [1.29, 1.82) is 0 Å². The second-order valence-corrected chi connectivity index (χ2v) is 19.7. The van der Waals surface area contributed by atoms with Crippen molar-refractivity contribution < 1.29 is 64.6 Å². The second-order valence-electron chi connectivity index (χ2n) is 19.7. The molecule has 440 valence electrons. The van der Waals surface area contributed by atoms with E-state index in [1.807, 2.05) is 0 Å². The molecule has 14 heteroatoms. The second kappa shape index (κ2) is 47.7. The summed E-state index contributed by atoms with van der Waals surface area (Å²) in [6.45, 7) is 2.57. The average molecular weight is 1090 g/mol. The van der Waals surface area contributed by atoms with Crippen LogP contribution in [0.2, 0.25) is 0 Å². The Balaban J connectivity index is 1.60. The van der Waals surface area contributed by atoms with Crippen LogP contribution in [0.3, 0.4) is 0 Å². The Bertz CT molecular complexity index is 1860. The van der Waals surface area contributed by atoms with Crippen LogP contribution >= 0.6 is 0 Å². The number of carbonyl (C=O) groups is 1. The first-order chi connectivity index (χ1) is 38.1. The van der Waals surface area contributed by atoms with E-state index in [0.717, 1.165) is 122 Å². The molecule has 0 bridgehead atoms. The quantitative estimate of drug-likeness (QED) is 0.0205. The van der Waals surface area contributed by atoms with E-state index in [-0.39, 0.29) is 18.9 Å². The lowest BCUT2D eigenvalue weighted by atomic mass is 9.97. The molecule has 12 atom stereocenters. The molecule has 9 N–H and O–H groups in total. The summed E-state index contributed by atoms with van der Waals surface area (Å²) < 4.78 is 22.6. The number of unbranched alkanes of at least 4 members (excludes halogenated alkanes) is 6. The summed E-state index contributed by atoms with van der Waals surface area (Å²) in [5.41, 5.74) is 0. The van der Waals surface area contributed by atoms with Crippen molar-refractivity contribution in [2.45, 2.75) is 229 Å². The van der Waals surface area contributed by atoms with Crippen molar-refractivity contribution in [2.24, 2.45) is 0 Å². The minimum Gasteiger partial charge on any atom is -0.394 e. The Morgan fingerprint density at radius 1 is 0.474 bits per heavy atom. The van der Waals surface area contributed by atoms with E-state index < -0.39 is 86.8 Å². The highest BCUT2D eigenvalue weighted by molar-refractivity contribution is 5.76. The maximum atomic E-state index is 13.1. The number of nitrogens with one attached hydrogen (secondary N) is 1.